The molecule has 13 heavy (non-hydrogen) atoms. The zero-order valence-corrected chi connectivity index (χ0v) is 8.15. The van der Waals surface area contributed by atoms with Crippen LogP contribution in [0.2, 0.25) is 0 Å². The van der Waals surface area contributed by atoms with Gasteiger partial charge in [-0.2, -0.15) is 0 Å². The lowest BCUT2D eigenvalue weighted by Gasteiger charge is -1.97. The van der Waals surface area contributed by atoms with Crippen molar-refractivity contribution in [1.29, 1.82) is 0 Å². The number of carboxylic acid groups (broad SMARTS) is 1. The molecule has 1 aromatic carbocycles. The van der Waals surface area contributed by atoms with Gasteiger partial charge in [-0.15, -0.1) is 0 Å². The van der Waals surface area contributed by atoms with Gasteiger partial charge >= 0.3 is 5.97 Å². The Balaban J connectivity index is 2.92. The predicted octanol–water partition coefficient (Wildman–Crippen LogP) is 2.25. The Hall–Kier alpha value is -1.29. The Morgan fingerprint density at radius 3 is 2.69 bits per heavy atom. The summed E-state index contributed by atoms with van der Waals surface area (Å²) in [5.41, 5.74) is 0.715. The number of carboxylic acids is 1. The zero-order valence-electron chi connectivity index (χ0n) is 6.57. The molecular weight excluding hydrogens is 236 g/mol. The van der Waals surface area contributed by atoms with Gasteiger partial charge in [0.05, 0.1) is 4.47 Å². The van der Waals surface area contributed by atoms with E-state index < -0.39 is 5.97 Å². The second-order valence-electron chi connectivity index (χ2n) is 2.38. The number of hydrogen-bond donors (Lipinski definition) is 2. The number of rotatable bonds is 2. The molecule has 0 saturated heterocycles. The maximum absolute atomic E-state index is 10.2. The predicted molar refractivity (Wildman–Crippen MR) is 52.5 cm³/mol. The van der Waals surface area contributed by atoms with Gasteiger partial charge in [0.15, 0.2) is 0 Å². The molecule has 0 radical (unpaired) electrons. The fourth-order valence-corrected chi connectivity index (χ4v) is 1.19. The minimum absolute atomic E-state index is 0.132. The van der Waals surface area contributed by atoms with Crippen LogP contribution in [-0.4, -0.2) is 16.2 Å². The fraction of sp³-hybridized carbons (Fsp3) is 0. The molecule has 0 atom stereocenters. The molecule has 1 rings (SSSR count). The summed E-state index contributed by atoms with van der Waals surface area (Å²) in [5, 5.41) is 17.5. The van der Waals surface area contributed by atoms with E-state index in [0.29, 0.717) is 10.0 Å². The van der Waals surface area contributed by atoms with E-state index in [4.69, 9.17) is 10.2 Å². The van der Waals surface area contributed by atoms with Crippen LogP contribution in [0.3, 0.4) is 0 Å². The van der Waals surface area contributed by atoms with Gasteiger partial charge in [0.1, 0.15) is 5.75 Å². The smallest absolute Gasteiger partial charge is 0.328 e. The Morgan fingerprint density at radius 1 is 1.46 bits per heavy atom. The first-order valence-electron chi connectivity index (χ1n) is 3.49. The van der Waals surface area contributed by atoms with Gasteiger partial charge in [-0.05, 0) is 39.7 Å². The Kier molecular flexibility index (Phi) is 3.08. The first kappa shape index (κ1) is 9.80. The largest absolute Gasteiger partial charge is 0.507 e. The van der Waals surface area contributed by atoms with Gasteiger partial charge in [0, 0.05) is 6.08 Å². The van der Waals surface area contributed by atoms with Crippen molar-refractivity contribution in [2.75, 3.05) is 0 Å². The number of halogens is 1. The summed E-state index contributed by atoms with van der Waals surface area (Å²) in [6.45, 7) is 0. The zero-order chi connectivity index (χ0) is 9.84. The molecule has 0 fully saturated rings. The first-order valence-corrected chi connectivity index (χ1v) is 4.28. The highest BCUT2D eigenvalue weighted by Crippen LogP contribution is 2.24. The molecule has 0 bridgehead atoms. The summed E-state index contributed by atoms with van der Waals surface area (Å²) in [6, 6.07) is 4.75. The van der Waals surface area contributed by atoms with E-state index in [-0.39, 0.29) is 5.75 Å². The molecule has 0 aromatic heterocycles. The van der Waals surface area contributed by atoms with Crippen molar-refractivity contribution in [1.82, 2.24) is 0 Å². The molecule has 0 spiro atoms. The van der Waals surface area contributed by atoms with Gasteiger partial charge in [-0.3, -0.25) is 0 Å². The highest BCUT2D eigenvalue weighted by Gasteiger charge is 1.96. The maximum Gasteiger partial charge on any atom is 0.328 e. The minimum Gasteiger partial charge on any atom is -0.507 e. The van der Waals surface area contributed by atoms with Crippen molar-refractivity contribution in [2.24, 2.45) is 0 Å². The van der Waals surface area contributed by atoms with Crippen LogP contribution < -0.4 is 0 Å². The second-order valence-corrected chi connectivity index (χ2v) is 3.24. The summed E-state index contributed by atoms with van der Waals surface area (Å²) in [5.74, 6) is -0.864. The average Bonchev–Trinajstić information content (AvgIpc) is 2.07. The molecule has 1 aromatic rings. The van der Waals surface area contributed by atoms with Crippen LogP contribution in [-0.2, 0) is 4.79 Å². The normalized spacial score (nSPS) is 10.5. The molecule has 0 unspecified atom stereocenters. The molecule has 4 heteroatoms. The average molecular weight is 243 g/mol. The van der Waals surface area contributed by atoms with E-state index in [0.717, 1.165) is 6.08 Å². The van der Waals surface area contributed by atoms with Crippen molar-refractivity contribution in [2.45, 2.75) is 0 Å². The van der Waals surface area contributed by atoms with E-state index in [1.54, 1.807) is 12.1 Å². The number of hydrogen-bond acceptors (Lipinski definition) is 2. The molecule has 0 amide bonds. The van der Waals surface area contributed by atoms with Crippen molar-refractivity contribution in [3.8, 4) is 5.75 Å². The van der Waals surface area contributed by atoms with Crippen LogP contribution in [0.5, 0.6) is 5.75 Å². The van der Waals surface area contributed by atoms with Crippen LogP contribution in [0, 0.1) is 0 Å². The number of benzene rings is 1. The summed E-state index contributed by atoms with van der Waals surface area (Å²) in [4.78, 5) is 10.2. The number of aliphatic carboxylic acids is 1. The highest BCUT2D eigenvalue weighted by atomic mass is 79.9. The minimum atomic E-state index is -0.996. The molecular formula is C9H7BrO3. The molecule has 0 aliphatic rings. The highest BCUT2D eigenvalue weighted by molar-refractivity contribution is 9.10. The SMILES string of the molecule is O=C(O)C=Cc1ccc(O)c(Br)c1. The van der Waals surface area contributed by atoms with Crippen molar-refractivity contribution in [3.05, 3.63) is 34.3 Å². The van der Waals surface area contributed by atoms with E-state index >= 15 is 0 Å². The Bertz CT molecular complexity index is 358. The summed E-state index contributed by atoms with van der Waals surface area (Å²) in [7, 11) is 0. The Labute approximate surface area is 83.5 Å². The van der Waals surface area contributed by atoms with E-state index in [9.17, 15) is 4.79 Å². The summed E-state index contributed by atoms with van der Waals surface area (Å²) >= 11 is 3.12. The maximum atomic E-state index is 10.2. The molecule has 0 heterocycles. The molecule has 3 nitrogen and oxygen atoms in total. The van der Waals surface area contributed by atoms with Crippen molar-refractivity contribution < 1.29 is 15.0 Å². The van der Waals surface area contributed by atoms with Crippen LogP contribution in [0.4, 0.5) is 0 Å². The summed E-state index contributed by atoms with van der Waals surface area (Å²) in [6.07, 6.45) is 2.49. The second kappa shape index (κ2) is 4.09. The topological polar surface area (TPSA) is 57.5 Å². The first-order chi connectivity index (χ1) is 6.09. The fourth-order valence-electron chi connectivity index (χ4n) is 0.794. The molecule has 2 N–H and O–H groups in total. The molecule has 0 saturated carbocycles. The van der Waals surface area contributed by atoms with Crippen LogP contribution >= 0.6 is 15.9 Å². The lowest BCUT2D eigenvalue weighted by Crippen LogP contribution is -1.85. The van der Waals surface area contributed by atoms with Crippen LogP contribution in [0.1, 0.15) is 5.56 Å². The van der Waals surface area contributed by atoms with E-state index in [2.05, 4.69) is 15.9 Å². The monoisotopic (exact) mass is 242 g/mol. The number of carbonyl (C=O) groups is 1. The third kappa shape index (κ3) is 2.91. The molecule has 0 aliphatic carbocycles. The van der Waals surface area contributed by atoms with E-state index in [1.165, 1.54) is 12.1 Å². The lowest BCUT2D eigenvalue weighted by molar-refractivity contribution is -0.131. The van der Waals surface area contributed by atoms with Crippen LogP contribution in [0.25, 0.3) is 6.08 Å². The van der Waals surface area contributed by atoms with Crippen molar-refractivity contribution >= 4 is 28.0 Å². The third-order valence-corrected chi connectivity index (χ3v) is 2.03. The number of phenols is 1. The lowest BCUT2D eigenvalue weighted by atomic mass is 10.2. The van der Waals surface area contributed by atoms with Gasteiger partial charge < -0.3 is 10.2 Å². The van der Waals surface area contributed by atoms with Gasteiger partial charge in [-0.1, -0.05) is 6.07 Å². The summed E-state index contributed by atoms with van der Waals surface area (Å²) < 4.78 is 0.542. The van der Waals surface area contributed by atoms with Crippen molar-refractivity contribution in [3.63, 3.8) is 0 Å². The third-order valence-electron chi connectivity index (χ3n) is 1.39. The van der Waals surface area contributed by atoms with Gasteiger partial charge in [0.2, 0.25) is 0 Å². The quantitative estimate of drug-likeness (QED) is 0.783. The standard InChI is InChI=1S/C9H7BrO3/c10-7-5-6(1-3-8(7)11)2-4-9(12)13/h1-5,11H,(H,12,13). The molecule has 0 aliphatic heterocycles. The number of aromatic hydroxyl groups is 1. The van der Waals surface area contributed by atoms with Gasteiger partial charge in [-0.25, -0.2) is 4.79 Å². The Morgan fingerprint density at radius 2 is 2.15 bits per heavy atom. The number of phenolic OH excluding ortho intramolecular Hbond substituents is 1. The van der Waals surface area contributed by atoms with E-state index in [1.807, 2.05) is 0 Å². The van der Waals surface area contributed by atoms with Gasteiger partial charge in [0.25, 0.3) is 0 Å². The van der Waals surface area contributed by atoms with Crippen LogP contribution in [0.15, 0.2) is 28.7 Å². The molecule has 68 valence electrons.